The van der Waals surface area contributed by atoms with Gasteiger partial charge in [0.2, 0.25) is 0 Å². The molecule has 0 atom stereocenters. The number of aryl methyl sites for hydroxylation is 1. The zero-order valence-corrected chi connectivity index (χ0v) is 16.2. The predicted octanol–water partition coefficient (Wildman–Crippen LogP) is 5.54. The van der Waals surface area contributed by atoms with Gasteiger partial charge in [0.25, 0.3) is 0 Å². The van der Waals surface area contributed by atoms with E-state index < -0.39 is 11.7 Å². The fourth-order valence-electron chi connectivity index (χ4n) is 2.57. The van der Waals surface area contributed by atoms with Crippen LogP contribution in [0.1, 0.15) is 11.1 Å². The summed E-state index contributed by atoms with van der Waals surface area (Å²) in [6, 6.07) is 8.46. The lowest BCUT2D eigenvalue weighted by Gasteiger charge is -2.16. The van der Waals surface area contributed by atoms with Crippen LogP contribution >= 0.6 is 11.6 Å². The minimum Gasteiger partial charge on any atom is -0.495 e. The van der Waals surface area contributed by atoms with Gasteiger partial charge in [-0.05, 0) is 42.8 Å². The molecule has 0 spiro atoms. The molecular weight excluding hydrogens is 407 g/mol. The van der Waals surface area contributed by atoms with Crippen molar-refractivity contribution in [3.8, 4) is 5.75 Å². The third kappa shape index (κ3) is 4.62. The number of hydrogen-bond acceptors (Lipinski definition) is 6. The van der Waals surface area contributed by atoms with Gasteiger partial charge in [-0.15, -0.1) is 0 Å². The largest absolute Gasteiger partial charge is 0.495 e. The summed E-state index contributed by atoms with van der Waals surface area (Å²) in [4.78, 5) is 8.11. The van der Waals surface area contributed by atoms with Crippen molar-refractivity contribution in [3.63, 3.8) is 0 Å². The molecular formula is C19H17ClF3N5O. The molecule has 4 N–H and O–H groups in total. The van der Waals surface area contributed by atoms with Gasteiger partial charge in [-0.2, -0.15) is 13.2 Å². The maximum atomic E-state index is 13.0. The smallest absolute Gasteiger partial charge is 0.416 e. The minimum atomic E-state index is -4.51. The molecule has 0 saturated carbocycles. The summed E-state index contributed by atoms with van der Waals surface area (Å²) in [5.74, 6) is 0.939. The highest BCUT2D eigenvalue weighted by Gasteiger charge is 2.31. The minimum absolute atomic E-state index is 0.0194. The maximum absolute atomic E-state index is 13.0. The van der Waals surface area contributed by atoms with Gasteiger partial charge in [0.05, 0.1) is 29.1 Å². The molecule has 0 radical (unpaired) electrons. The van der Waals surface area contributed by atoms with Crippen molar-refractivity contribution >= 4 is 40.3 Å². The fraction of sp³-hybridized carbons (Fsp3) is 0.158. The first kappa shape index (κ1) is 20.5. The highest BCUT2D eigenvalue weighted by molar-refractivity contribution is 6.33. The van der Waals surface area contributed by atoms with E-state index in [1.54, 1.807) is 6.07 Å². The first-order valence-electron chi connectivity index (χ1n) is 8.35. The number of methoxy groups -OCH3 is 1. The van der Waals surface area contributed by atoms with Crippen molar-refractivity contribution in [3.05, 3.63) is 58.9 Å². The Morgan fingerprint density at radius 3 is 2.28 bits per heavy atom. The lowest BCUT2D eigenvalue weighted by Crippen LogP contribution is -2.08. The van der Waals surface area contributed by atoms with Gasteiger partial charge in [0.1, 0.15) is 17.8 Å². The molecule has 0 aliphatic heterocycles. The van der Waals surface area contributed by atoms with Crippen LogP contribution in [-0.4, -0.2) is 17.1 Å². The van der Waals surface area contributed by atoms with Crippen LogP contribution in [0.15, 0.2) is 42.7 Å². The topological polar surface area (TPSA) is 85.1 Å². The summed E-state index contributed by atoms with van der Waals surface area (Å²) in [7, 11) is 1.53. The van der Waals surface area contributed by atoms with Gasteiger partial charge < -0.3 is 21.1 Å². The molecule has 1 heterocycles. The molecule has 3 rings (SSSR count). The third-order valence-electron chi connectivity index (χ3n) is 4.04. The van der Waals surface area contributed by atoms with Crippen molar-refractivity contribution < 1.29 is 17.9 Å². The molecule has 0 aliphatic carbocycles. The Labute approximate surface area is 169 Å². The van der Waals surface area contributed by atoms with Crippen LogP contribution in [0.2, 0.25) is 5.02 Å². The molecule has 152 valence electrons. The number of hydrogen-bond donors (Lipinski definition) is 3. The van der Waals surface area contributed by atoms with Gasteiger partial charge in [-0.1, -0.05) is 17.7 Å². The molecule has 0 unspecified atom stereocenters. The van der Waals surface area contributed by atoms with Crippen molar-refractivity contribution in [2.24, 2.45) is 0 Å². The number of nitrogen functional groups attached to an aromatic ring is 1. The maximum Gasteiger partial charge on any atom is 0.416 e. The predicted molar refractivity (Wildman–Crippen MR) is 107 cm³/mol. The first-order valence-corrected chi connectivity index (χ1v) is 8.72. The van der Waals surface area contributed by atoms with E-state index in [0.717, 1.165) is 23.8 Å². The van der Waals surface area contributed by atoms with Gasteiger partial charge >= 0.3 is 6.18 Å². The zero-order chi connectivity index (χ0) is 21.2. The molecule has 0 amide bonds. The summed E-state index contributed by atoms with van der Waals surface area (Å²) in [6.45, 7) is 1.91. The third-order valence-corrected chi connectivity index (χ3v) is 4.37. The van der Waals surface area contributed by atoms with Crippen LogP contribution in [0, 0.1) is 6.92 Å². The van der Waals surface area contributed by atoms with E-state index in [9.17, 15) is 13.2 Å². The Morgan fingerprint density at radius 1 is 1.00 bits per heavy atom. The van der Waals surface area contributed by atoms with Crippen molar-refractivity contribution in [2.45, 2.75) is 13.1 Å². The summed E-state index contributed by atoms with van der Waals surface area (Å²) in [5, 5.41) is 5.88. The number of nitrogens with zero attached hydrogens (tertiary/aromatic N) is 2. The number of nitrogens with one attached hydrogen (secondary N) is 2. The van der Waals surface area contributed by atoms with Gasteiger partial charge in [-0.25, -0.2) is 9.97 Å². The first-order chi connectivity index (χ1) is 13.7. The average Bonchev–Trinajstić information content (AvgIpc) is 2.66. The van der Waals surface area contributed by atoms with Crippen LogP contribution in [0.3, 0.4) is 0 Å². The van der Waals surface area contributed by atoms with Crippen molar-refractivity contribution in [1.29, 1.82) is 0 Å². The van der Waals surface area contributed by atoms with Crippen LogP contribution in [0.25, 0.3) is 0 Å². The number of aromatic nitrogens is 2. The molecule has 29 heavy (non-hydrogen) atoms. The van der Waals surface area contributed by atoms with E-state index in [2.05, 4.69) is 20.6 Å². The number of ether oxygens (including phenoxy) is 1. The van der Waals surface area contributed by atoms with E-state index in [-0.39, 0.29) is 28.0 Å². The Kier molecular flexibility index (Phi) is 5.69. The summed E-state index contributed by atoms with van der Waals surface area (Å²) >= 11 is 6.03. The quantitative estimate of drug-likeness (QED) is 0.500. The van der Waals surface area contributed by atoms with E-state index in [4.69, 9.17) is 22.1 Å². The van der Waals surface area contributed by atoms with Gasteiger partial charge in [0, 0.05) is 0 Å². The molecule has 0 saturated heterocycles. The van der Waals surface area contributed by atoms with Crippen LogP contribution in [-0.2, 0) is 6.18 Å². The number of benzene rings is 2. The lowest BCUT2D eigenvalue weighted by atomic mass is 10.2. The molecule has 0 fully saturated rings. The summed E-state index contributed by atoms with van der Waals surface area (Å²) in [6.07, 6.45) is -3.28. The fourth-order valence-corrected chi connectivity index (χ4v) is 2.73. The molecule has 1 aromatic heterocycles. The van der Waals surface area contributed by atoms with E-state index >= 15 is 0 Å². The molecule has 0 bridgehead atoms. The Morgan fingerprint density at radius 2 is 1.66 bits per heavy atom. The number of anilines is 5. The van der Waals surface area contributed by atoms with E-state index in [1.807, 2.05) is 19.1 Å². The van der Waals surface area contributed by atoms with Crippen LogP contribution < -0.4 is 21.1 Å². The standard InChI is InChI=1S/C19H17ClF3N5O/c1-10-3-6-15(29-2)14(7-10)28-18-16(24)17(25-9-26-18)27-13-8-11(19(21,22)23)4-5-12(13)20/h3-9H,24H2,1-2H3,(H2,25,26,27,28). The second kappa shape index (κ2) is 8.04. The van der Waals surface area contributed by atoms with Crippen molar-refractivity contribution in [2.75, 3.05) is 23.5 Å². The molecule has 6 nitrogen and oxygen atoms in total. The average molecular weight is 424 g/mol. The second-order valence-corrected chi connectivity index (χ2v) is 6.54. The summed E-state index contributed by atoms with van der Waals surface area (Å²) in [5.41, 5.74) is 7.01. The molecule has 10 heteroatoms. The Bertz CT molecular complexity index is 1040. The molecule has 0 aliphatic rings. The SMILES string of the molecule is COc1ccc(C)cc1Nc1ncnc(Nc2cc(C(F)(F)F)ccc2Cl)c1N. The van der Waals surface area contributed by atoms with E-state index in [0.29, 0.717) is 11.4 Å². The Balaban J connectivity index is 1.94. The second-order valence-electron chi connectivity index (χ2n) is 6.13. The Hall–Kier alpha value is -3.20. The van der Waals surface area contributed by atoms with Crippen LogP contribution in [0.4, 0.5) is 41.9 Å². The zero-order valence-electron chi connectivity index (χ0n) is 15.4. The van der Waals surface area contributed by atoms with Gasteiger partial charge in [-0.3, -0.25) is 0 Å². The normalized spacial score (nSPS) is 11.2. The van der Waals surface area contributed by atoms with Gasteiger partial charge in [0.15, 0.2) is 11.6 Å². The highest BCUT2D eigenvalue weighted by Crippen LogP contribution is 2.37. The molecule has 3 aromatic rings. The monoisotopic (exact) mass is 423 g/mol. The molecule has 2 aromatic carbocycles. The number of rotatable bonds is 5. The number of halogens is 4. The van der Waals surface area contributed by atoms with Crippen LogP contribution in [0.5, 0.6) is 5.75 Å². The van der Waals surface area contributed by atoms with Crippen molar-refractivity contribution in [1.82, 2.24) is 9.97 Å². The highest BCUT2D eigenvalue weighted by atomic mass is 35.5. The number of nitrogens with two attached hydrogens (primary N) is 1. The lowest BCUT2D eigenvalue weighted by molar-refractivity contribution is -0.137. The van der Waals surface area contributed by atoms with E-state index in [1.165, 1.54) is 13.4 Å². The summed E-state index contributed by atoms with van der Waals surface area (Å²) < 4.78 is 44.3. The number of alkyl halides is 3.